The zero-order chi connectivity index (χ0) is 29.0. The number of halogens is 2. The summed E-state index contributed by atoms with van der Waals surface area (Å²) in [6.07, 6.45) is 2.07. The van der Waals surface area contributed by atoms with Gasteiger partial charge in [-0.3, -0.25) is 9.59 Å². The predicted octanol–water partition coefficient (Wildman–Crippen LogP) is 3.76. The summed E-state index contributed by atoms with van der Waals surface area (Å²) in [6, 6.07) is 2.51. The maximum absolute atomic E-state index is 12.9. The number of likely N-dealkylation sites (tertiary alicyclic amines) is 1. The highest BCUT2D eigenvalue weighted by atomic mass is 35.5. The van der Waals surface area contributed by atoms with Crippen molar-refractivity contribution in [1.82, 2.24) is 15.5 Å². The number of carbonyl (C=O) groups excluding carboxylic acids is 4. The Morgan fingerprint density at radius 3 is 2.49 bits per heavy atom. The molecule has 1 fully saturated rings. The number of benzene rings is 1. The highest BCUT2D eigenvalue weighted by Gasteiger charge is 2.41. The third-order valence-electron chi connectivity index (χ3n) is 6.02. The Kier molecular flexibility index (Phi) is 9.87. The number of piperidine rings is 1. The molecule has 1 aromatic carbocycles. The van der Waals surface area contributed by atoms with Crippen LogP contribution in [-0.2, 0) is 23.9 Å². The first-order valence-electron chi connectivity index (χ1n) is 12.1. The molecule has 1 aliphatic heterocycles. The van der Waals surface area contributed by atoms with Gasteiger partial charge in [-0.1, -0.05) is 23.2 Å². The molecular formula is C26H31Cl2N3O7S. The van der Waals surface area contributed by atoms with Crippen molar-refractivity contribution >= 4 is 74.6 Å². The third kappa shape index (κ3) is 7.84. The van der Waals surface area contributed by atoms with Crippen LogP contribution in [0.3, 0.4) is 0 Å². The summed E-state index contributed by atoms with van der Waals surface area (Å²) in [5, 5.41) is 19.4. The van der Waals surface area contributed by atoms with Gasteiger partial charge in [0.2, 0.25) is 5.91 Å². The first-order chi connectivity index (χ1) is 18.2. The molecule has 1 aliphatic rings. The highest BCUT2D eigenvalue weighted by Crippen LogP contribution is 2.37. The third-order valence-corrected chi connectivity index (χ3v) is 7.96. The van der Waals surface area contributed by atoms with E-state index in [0.717, 1.165) is 17.2 Å². The van der Waals surface area contributed by atoms with Gasteiger partial charge in [0, 0.05) is 32.0 Å². The van der Waals surface area contributed by atoms with Crippen LogP contribution >= 0.6 is 34.5 Å². The second kappa shape index (κ2) is 12.5. The summed E-state index contributed by atoms with van der Waals surface area (Å²) in [7, 11) is 1.14. The summed E-state index contributed by atoms with van der Waals surface area (Å²) < 4.78 is 10.7. The Balaban J connectivity index is 1.58. The van der Waals surface area contributed by atoms with Crippen LogP contribution in [0.2, 0.25) is 10.0 Å². The largest absolute Gasteiger partial charge is 0.467 e. The molecule has 0 radical (unpaired) electrons. The molecule has 0 unspecified atom stereocenters. The highest BCUT2D eigenvalue weighted by molar-refractivity contribution is 7.18. The van der Waals surface area contributed by atoms with Gasteiger partial charge in [0.15, 0.2) is 0 Å². The summed E-state index contributed by atoms with van der Waals surface area (Å²) in [4.78, 5) is 51.3. The van der Waals surface area contributed by atoms with Crippen LogP contribution < -0.4 is 10.6 Å². The second-order valence-electron chi connectivity index (χ2n) is 10.1. The lowest BCUT2D eigenvalue weighted by atomic mass is 9.90. The van der Waals surface area contributed by atoms with Crippen molar-refractivity contribution in [1.29, 1.82) is 0 Å². The number of methoxy groups -OCH3 is 1. The average molecular weight is 601 g/mol. The smallest absolute Gasteiger partial charge is 0.407 e. The van der Waals surface area contributed by atoms with Gasteiger partial charge in [-0.25, -0.2) is 9.59 Å². The predicted molar refractivity (Wildman–Crippen MR) is 150 cm³/mol. The van der Waals surface area contributed by atoms with Crippen LogP contribution in [0.25, 0.3) is 16.2 Å². The van der Waals surface area contributed by atoms with Crippen molar-refractivity contribution in [3.8, 4) is 0 Å². The molecule has 0 aliphatic carbocycles. The van der Waals surface area contributed by atoms with Crippen molar-refractivity contribution in [3.05, 3.63) is 39.2 Å². The van der Waals surface area contributed by atoms with E-state index in [1.54, 1.807) is 26.8 Å². The first-order valence-corrected chi connectivity index (χ1v) is 13.8. The maximum atomic E-state index is 12.9. The number of ether oxygens (including phenoxy) is 2. The van der Waals surface area contributed by atoms with E-state index in [1.807, 2.05) is 17.5 Å². The zero-order valence-electron chi connectivity index (χ0n) is 22.0. The quantitative estimate of drug-likeness (QED) is 0.326. The molecule has 10 nitrogen and oxygen atoms in total. The summed E-state index contributed by atoms with van der Waals surface area (Å²) in [5.41, 5.74) is -1.97. The monoisotopic (exact) mass is 599 g/mol. The molecule has 13 heteroatoms. The summed E-state index contributed by atoms with van der Waals surface area (Å²) in [6.45, 7) is 4.95. The lowest BCUT2D eigenvalue weighted by Crippen LogP contribution is -2.59. The molecule has 3 N–H and O–H groups in total. The Morgan fingerprint density at radius 2 is 1.87 bits per heavy atom. The summed E-state index contributed by atoms with van der Waals surface area (Å²) >= 11 is 14.2. The number of rotatable bonds is 7. The molecule has 1 atom stereocenters. The van der Waals surface area contributed by atoms with Crippen molar-refractivity contribution in [3.63, 3.8) is 0 Å². The Hall–Kier alpha value is -2.86. The van der Waals surface area contributed by atoms with E-state index in [4.69, 9.17) is 32.7 Å². The fraction of sp³-hybridized carbons (Fsp3) is 0.462. The number of hydrogen-bond acceptors (Lipinski definition) is 8. The summed E-state index contributed by atoms with van der Waals surface area (Å²) in [5.74, 6) is -1.93. The van der Waals surface area contributed by atoms with Crippen molar-refractivity contribution in [2.75, 3.05) is 26.7 Å². The van der Waals surface area contributed by atoms with E-state index in [1.165, 1.54) is 22.3 Å². The number of nitrogens with one attached hydrogen (secondary N) is 2. The van der Waals surface area contributed by atoms with E-state index < -0.39 is 35.2 Å². The van der Waals surface area contributed by atoms with Crippen LogP contribution in [0.1, 0.15) is 39.2 Å². The number of thiophene rings is 1. The second-order valence-corrected chi connectivity index (χ2v) is 11.7. The number of amides is 3. The fourth-order valence-corrected chi connectivity index (χ4v) is 5.35. The molecule has 0 spiro atoms. The zero-order valence-corrected chi connectivity index (χ0v) is 24.3. The number of esters is 1. The molecule has 0 bridgehead atoms. The number of fused-ring (bicyclic) bond motifs is 1. The van der Waals surface area contributed by atoms with Crippen LogP contribution in [0, 0.1) is 0 Å². The Bertz CT molecular complexity index is 1280. The van der Waals surface area contributed by atoms with Gasteiger partial charge in [0.1, 0.15) is 17.2 Å². The lowest BCUT2D eigenvalue weighted by Gasteiger charge is -2.37. The van der Waals surface area contributed by atoms with Gasteiger partial charge in [-0.05, 0) is 55.3 Å². The van der Waals surface area contributed by atoms with E-state index in [9.17, 15) is 24.3 Å². The van der Waals surface area contributed by atoms with Crippen LogP contribution in [-0.4, -0.2) is 77.9 Å². The SMILES string of the molecule is COC(=O)[C@H](CNC(=O)OC(C)(C)C)NC(=O)C1(O)CCN(C(=O)/C=C/c2cc3ccsc3c(Cl)c2Cl)CC1. The normalized spacial score (nSPS) is 16.1. The van der Waals surface area contributed by atoms with E-state index in [2.05, 4.69) is 10.6 Å². The minimum atomic E-state index is -1.82. The molecule has 3 amide bonds. The van der Waals surface area contributed by atoms with Crippen LogP contribution in [0.4, 0.5) is 4.79 Å². The minimum absolute atomic E-state index is 0.0563. The molecule has 1 saturated heterocycles. The number of nitrogens with zero attached hydrogens (tertiary/aromatic N) is 1. The molecule has 1 aromatic heterocycles. The van der Waals surface area contributed by atoms with Gasteiger partial charge < -0.3 is 30.1 Å². The molecule has 2 heterocycles. The Labute approximate surface area is 240 Å². The maximum Gasteiger partial charge on any atom is 0.407 e. The van der Waals surface area contributed by atoms with Crippen molar-refractivity contribution in [2.45, 2.75) is 50.9 Å². The Morgan fingerprint density at radius 1 is 1.21 bits per heavy atom. The van der Waals surface area contributed by atoms with E-state index in [-0.39, 0.29) is 38.4 Å². The van der Waals surface area contributed by atoms with Gasteiger partial charge in [0.25, 0.3) is 5.91 Å². The molecule has 0 saturated carbocycles. The average Bonchev–Trinajstić information content (AvgIpc) is 3.35. The fourth-order valence-electron chi connectivity index (χ4n) is 3.91. The number of aliphatic hydroxyl groups is 1. The first kappa shape index (κ1) is 30.7. The number of hydrogen-bond donors (Lipinski definition) is 3. The van der Waals surface area contributed by atoms with Crippen molar-refractivity contribution in [2.24, 2.45) is 0 Å². The van der Waals surface area contributed by atoms with Crippen molar-refractivity contribution < 1.29 is 33.8 Å². The molecule has 2 aromatic rings. The van der Waals surface area contributed by atoms with Crippen LogP contribution in [0.15, 0.2) is 23.6 Å². The van der Waals surface area contributed by atoms with Gasteiger partial charge >= 0.3 is 12.1 Å². The van der Waals surface area contributed by atoms with E-state index >= 15 is 0 Å². The molecule has 39 heavy (non-hydrogen) atoms. The number of carbonyl (C=O) groups is 4. The molecule has 3 rings (SSSR count). The standard InChI is InChI=1S/C26H31Cl2N3O7S/c1-25(2,3)38-24(35)29-14-17(22(33)37-4)30-23(34)26(36)8-10-31(11-9-26)18(32)6-5-15-13-16-7-12-39-21(16)20(28)19(15)27/h5-7,12-13,17,36H,8-11,14H2,1-4H3,(H,29,35)(H,30,34)/b6-5+/t17-/m0/s1. The van der Waals surface area contributed by atoms with Gasteiger partial charge in [-0.15, -0.1) is 11.3 Å². The van der Waals surface area contributed by atoms with Gasteiger partial charge in [-0.2, -0.15) is 0 Å². The van der Waals surface area contributed by atoms with Crippen LogP contribution in [0.5, 0.6) is 0 Å². The molecular weight excluding hydrogens is 569 g/mol. The molecule has 212 valence electrons. The van der Waals surface area contributed by atoms with Gasteiger partial charge in [0.05, 0.1) is 28.4 Å². The number of alkyl carbamates (subject to hydrolysis) is 1. The minimum Gasteiger partial charge on any atom is -0.467 e. The lowest BCUT2D eigenvalue weighted by molar-refractivity contribution is -0.153. The van der Waals surface area contributed by atoms with E-state index in [0.29, 0.717) is 15.6 Å². The topological polar surface area (TPSA) is 134 Å².